The Hall–Kier alpha value is -3.16. The lowest BCUT2D eigenvalue weighted by atomic mass is 9.98. The number of ether oxygens (including phenoxy) is 1. The van der Waals surface area contributed by atoms with Crippen molar-refractivity contribution in [3.8, 4) is 5.75 Å². The van der Waals surface area contributed by atoms with E-state index in [1.807, 2.05) is 0 Å². The molecule has 0 aliphatic carbocycles. The molecule has 2 amide bonds. The number of hydrogen-bond acceptors (Lipinski definition) is 5. The van der Waals surface area contributed by atoms with Crippen LogP contribution in [0.15, 0.2) is 36.9 Å². The van der Waals surface area contributed by atoms with Crippen molar-refractivity contribution in [2.75, 3.05) is 7.11 Å². The first-order chi connectivity index (χ1) is 13.2. The van der Waals surface area contributed by atoms with E-state index in [2.05, 4.69) is 17.2 Å². The summed E-state index contributed by atoms with van der Waals surface area (Å²) >= 11 is 0. The minimum absolute atomic E-state index is 0.0902. The zero-order chi connectivity index (χ0) is 21.3. The van der Waals surface area contributed by atoms with Crippen LogP contribution in [0.1, 0.15) is 25.8 Å². The fourth-order valence-electron chi connectivity index (χ4n) is 2.52. The monoisotopic (exact) mass is 390 g/mol. The average molecular weight is 390 g/mol. The smallest absolute Gasteiger partial charge is 0.326 e. The first-order valence-corrected chi connectivity index (χ1v) is 8.76. The quantitative estimate of drug-likeness (QED) is 0.486. The third-order valence-electron chi connectivity index (χ3n) is 4.11. The number of rotatable bonds is 11. The second-order valence-electron chi connectivity index (χ2n) is 6.44. The number of nitrogens with one attached hydrogen (secondary N) is 2. The second kappa shape index (κ2) is 10.9. The molecule has 0 aromatic heterocycles. The lowest BCUT2D eigenvalue weighted by Gasteiger charge is -2.19. The summed E-state index contributed by atoms with van der Waals surface area (Å²) < 4.78 is 5.06. The van der Waals surface area contributed by atoms with Gasteiger partial charge in [-0.2, -0.15) is 0 Å². The van der Waals surface area contributed by atoms with Crippen molar-refractivity contribution in [1.82, 2.24) is 10.6 Å². The molecule has 28 heavy (non-hydrogen) atoms. The van der Waals surface area contributed by atoms with Crippen LogP contribution in [0.25, 0.3) is 0 Å². The molecule has 1 aromatic rings. The predicted molar refractivity (Wildman–Crippen MR) is 103 cm³/mol. The molecule has 152 valence electrons. The van der Waals surface area contributed by atoms with E-state index in [0.717, 1.165) is 5.56 Å². The van der Waals surface area contributed by atoms with E-state index in [1.165, 1.54) is 27.0 Å². The Morgan fingerprint density at radius 1 is 1.18 bits per heavy atom. The third kappa shape index (κ3) is 7.22. The molecule has 1 rings (SSSR count). The zero-order valence-electron chi connectivity index (χ0n) is 16.2. The maximum absolute atomic E-state index is 12.4. The van der Waals surface area contributed by atoms with Crippen LogP contribution in [-0.2, 0) is 25.6 Å². The van der Waals surface area contributed by atoms with Gasteiger partial charge in [0.05, 0.1) is 7.11 Å². The highest BCUT2D eigenvalue weighted by Gasteiger charge is 2.26. The molecule has 0 radical (unpaired) electrons. The summed E-state index contributed by atoms with van der Waals surface area (Å²) in [6.07, 6.45) is 1.22. The fraction of sp³-hybridized carbons (Fsp3) is 0.400. The number of benzene rings is 1. The van der Waals surface area contributed by atoms with E-state index in [4.69, 9.17) is 4.74 Å². The number of carboxylic acids is 1. The van der Waals surface area contributed by atoms with Crippen molar-refractivity contribution in [3.05, 3.63) is 42.5 Å². The molecule has 8 heteroatoms. The highest BCUT2D eigenvalue weighted by molar-refractivity contribution is 5.94. The van der Waals surface area contributed by atoms with E-state index in [-0.39, 0.29) is 24.5 Å². The summed E-state index contributed by atoms with van der Waals surface area (Å²) in [6, 6.07) is 4.82. The normalized spacial score (nSPS) is 13.5. The van der Waals surface area contributed by atoms with Crippen molar-refractivity contribution < 1.29 is 29.0 Å². The molecule has 0 bridgehead atoms. The van der Waals surface area contributed by atoms with Gasteiger partial charge in [0.2, 0.25) is 11.8 Å². The lowest BCUT2D eigenvalue weighted by molar-refractivity contribution is -0.142. The van der Waals surface area contributed by atoms with Gasteiger partial charge in [-0.15, -0.1) is 6.58 Å². The number of amides is 2. The lowest BCUT2D eigenvalue weighted by Crippen LogP contribution is -2.45. The van der Waals surface area contributed by atoms with Crippen LogP contribution >= 0.6 is 0 Å². The van der Waals surface area contributed by atoms with Crippen LogP contribution in [0.5, 0.6) is 5.75 Å². The van der Waals surface area contributed by atoms with Gasteiger partial charge in [0.25, 0.3) is 0 Å². The highest BCUT2D eigenvalue weighted by Crippen LogP contribution is 2.13. The summed E-state index contributed by atoms with van der Waals surface area (Å²) in [7, 11) is 1.53. The molecular formula is C20H26N2O6. The summed E-state index contributed by atoms with van der Waals surface area (Å²) in [4.78, 5) is 47.2. The largest absolute Gasteiger partial charge is 0.497 e. The van der Waals surface area contributed by atoms with Gasteiger partial charge in [0, 0.05) is 25.7 Å². The van der Waals surface area contributed by atoms with E-state index >= 15 is 0 Å². The molecule has 3 atom stereocenters. The van der Waals surface area contributed by atoms with Crippen LogP contribution in [0.3, 0.4) is 0 Å². The Labute approximate surface area is 164 Å². The van der Waals surface area contributed by atoms with E-state index in [0.29, 0.717) is 5.75 Å². The Balaban J connectivity index is 2.71. The molecule has 0 saturated carbocycles. The van der Waals surface area contributed by atoms with Gasteiger partial charge in [0.15, 0.2) is 5.78 Å². The van der Waals surface area contributed by atoms with Crippen LogP contribution in [0.4, 0.5) is 0 Å². The predicted octanol–water partition coefficient (Wildman–Crippen LogP) is 1.09. The minimum atomic E-state index is -1.18. The standard InChI is InChI=1S/C20H26N2O6/c1-5-16(21-13(3)23)18(24)10-12(2)19(25)22-17(20(26)27)11-14-6-8-15(28-4)9-7-14/h5-9,12,16-17H,1,10-11H2,2-4H3,(H,21,23)(H,22,25)(H,26,27). The number of carbonyl (C=O) groups excluding carboxylic acids is 3. The highest BCUT2D eigenvalue weighted by atomic mass is 16.5. The van der Waals surface area contributed by atoms with Crippen molar-refractivity contribution in [3.63, 3.8) is 0 Å². The molecular weight excluding hydrogens is 364 g/mol. The first-order valence-electron chi connectivity index (χ1n) is 8.76. The van der Waals surface area contributed by atoms with E-state index < -0.39 is 29.9 Å². The number of Topliss-reactive ketones (excluding diaryl/α,β-unsaturated/α-hetero) is 1. The van der Waals surface area contributed by atoms with Crippen molar-refractivity contribution in [1.29, 1.82) is 0 Å². The van der Waals surface area contributed by atoms with Crippen molar-refractivity contribution >= 4 is 23.6 Å². The molecule has 3 N–H and O–H groups in total. The summed E-state index contributed by atoms with van der Waals surface area (Å²) in [5.74, 6) is -2.62. The molecule has 1 aromatic carbocycles. The van der Waals surface area contributed by atoms with Crippen LogP contribution in [0.2, 0.25) is 0 Å². The molecule has 0 heterocycles. The van der Waals surface area contributed by atoms with Crippen LogP contribution in [-0.4, -0.2) is 47.9 Å². The zero-order valence-corrected chi connectivity index (χ0v) is 16.2. The van der Waals surface area contributed by atoms with E-state index in [1.54, 1.807) is 24.3 Å². The Morgan fingerprint density at radius 3 is 2.25 bits per heavy atom. The maximum atomic E-state index is 12.4. The number of hydrogen-bond donors (Lipinski definition) is 3. The average Bonchev–Trinajstić information content (AvgIpc) is 2.65. The van der Waals surface area contributed by atoms with Gasteiger partial charge < -0.3 is 20.5 Å². The van der Waals surface area contributed by atoms with Gasteiger partial charge in [-0.25, -0.2) is 4.79 Å². The molecule has 0 aliphatic rings. The second-order valence-corrected chi connectivity index (χ2v) is 6.44. The molecule has 8 nitrogen and oxygen atoms in total. The number of carboxylic acid groups (broad SMARTS) is 1. The van der Waals surface area contributed by atoms with Gasteiger partial charge in [-0.3, -0.25) is 14.4 Å². The number of methoxy groups -OCH3 is 1. The Morgan fingerprint density at radius 2 is 1.79 bits per heavy atom. The van der Waals surface area contributed by atoms with Crippen molar-refractivity contribution in [2.45, 2.75) is 38.8 Å². The summed E-state index contributed by atoms with van der Waals surface area (Å²) in [6.45, 7) is 6.29. The number of ketones is 1. The van der Waals surface area contributed by atoms with E-state index in [9.17, 15) is 24.3 Å². The third-order valence-corrected chi connectivity index (χ3v) is 4.11. The Kier molecular flexibility index (Phi) is 8.87. The number of aliphatic carboxylic acids is 1. The molecule has 0 spiro atoms. The molecule has 0 aliphatic heterocycles. The van der Waals surface area contributed by atoms with Crippen LogP contribution in [0, 0.1) is 5.92 Å². The Bertz CT molecular complexity index is 729. The van der Waals surface area contributed by atoms with Gasteiger partial charge in [0.1, 0.15) is 17.8 Å². The van der Waals surface area contributed by atoms with Gasteiger partial charge in [-0.1, -0.05) is 25.1 Å². The fourth-order valence-corrected chi connectivity index (χ4v) is 2.52. The molecule has 0 saturated heterocycles. The topological polar surface area (TPSA) is 122 Å². The molecule has 3 unspecified atom stereocenters. The van der Waals surface area contributed by atoms with Gasteiger partial charge in [-0.05, 0) is 17.7 Å². The molecule has 0 fully saturated rings. The van der Waals surface area contributed by atoms with Gasteiger partial charge >= 0.3 is 5.97 Å². The number of carbonyl (C=O) groups is 4. The van der Waals surface area contributed by atoms with Crippen LogP contribution < -0.4 is 15.4 Å². The van der Waals surface area contributed by atoms with Crippen molar-refractivity contribution in [2.24, 2.45) is 5.92 Å². The minimum Gasteiger partial charge on any atom is -0.497 e. The maximum Gasteiger partial charge on any atom is 0.326 e. The summed E-state index contributed by atoms with van der Waals surface area (Å²) in [5, 5.41) is 14.3. The summed E-state index contributed by atoms with van der Waals surface area (Å²) in [5.41, 5.74) is 0.717. The SMILES string of the molecule is C=CC(NC(C)=O)C(=O)CC(C)C(=O)NC(Cc1ccc(OC)cc1)C(=O)O. The first kappa shape index (κ1) is 22.9.